The molecule has 0 unspecified atom stereocenters. The molecule has 0 aliphatic carbocycles. The smallest absolute Gasteiger partial charge is 0.160 e. The first-order chi connectivity index (χ1) is 6.61. The molecule has 0 bridgehead atoms. The zero-order chi connectivity index (χ0) is 10.7. The van der Waals surface area contributed by atoms with E-state index in [9.17, 15) is 0 Å². The minimum atomic E-state index is 0.301. The summed E-state index contributed by atoms with van der Waals surface area (Å²) in [6.45, 7) is 7.76. The molecular formula is C10H14N4. The van der Waals surface area contributed by atoms with Gasteiger partial charge in [0.1, 0.15) is 6.07 Å². The van der Waals surface area contributed by atoms with Crippen LogP contribution in [0, 0.1) is 11.3 Å². The molecule has 1 heterocycles. The van der Waals surface area contributed by atoms with Gasteiger partial charge in [-0.2, -0.15) is 5.26 Å². The van der Waals surface area contributed by atoms with Crippen molar-refractivity contribution in [1.29, 1.82) is 5.26 Å². The summed E-state index contributed by atoms with van der Waals surface area (Å²) in [6, 6.07) is 2.40. The van der Waals surface area contributed by atoms with Gasteiger partial charge in [-0.05, 0) is 19.9 Å². The molecule has 0 aliphatic heterocycles. The highest BCUT2D eigenvalue weighted by molar-refractivity contribution is 5.41. The molecule has 0 radical (unpaired) electrons. The van der Waals surface area contributed by atoms with Gasteiger partial charge in [-0.3, -0.25) is 0 Å². The van der Waals surface area contributed by atoms with Crippen molar-refractivity contribution >= 4 is 6.08 Å². The van der Waals surface area contributed by atoms with Gasteiger partial charge in [0.25, 0.3) is 0 Å². The molecule has 0 saturated heterocycles. The normalized spacial score (nSPS) is 9.93. The van der Waals surface area contributed by atoms with Gasteiger partial charge in [-0.25, -0.2) is 9.66 Å². The standard InChI is InChI=1S/C10H14N4/c1-5-10-12-7-9(6-11)14(10)13(4)8(2)3/h5,7-8H,1H2,2-4H3. The lowest BCUT2D eigenvalue weighted by atomic mass is 10.4. The topological polar surface area (TPSA) is 44.9 Å². The number of nitriles is 1. The van der Waals surface area contributed by atoms with Crippen LogP contribution in [-0.2, 0) is 0 Å². The van der Waals surface area contributed by atoms with Crippen molar-refractivity contribution in [3.05, 3.63) is 24.3 Å². The largest absolute Gasteiger partial charge is 0.311 e. The summed E-state index contributed by atoms with van der Waals surface area (Å²) >= 11 is 0. The molecule has 0 amide bonds. The average molecular weight is 190 g/mol. The van der Waals surface area contributed by atoms with Crippen LogP contribution < -0.4 is 5.01 Å². The van der Waals surface area contributed by atoms with Crippen molar-refractivity contribution in [3.63, 3.8) is 0 Å². The molecule has 74 valence electrons. The van der Waals surface area contributed by atoms with E-state index in [0.29, 0.717) is 17.6 Å². The Bertz CT molecular complexity index is 370. The summed E-state index contributed by atoms with van der Waals surface area (Å²) in [4.78, 5) is 4.09. The van der Waals surface area contributed by atoms with Crippen LogP contribution in [0.3, 0.4) is 0 Å². The molecule has 14 heavy (non-hydrogen) atoms. The highest BCUT2D eigenvalue weighted by Gasteiger charge is 2.12. The van der Waals surface area contributed by atoms with Gasteiger partial charge in [0, 0.05) is 13.1 Å². The first-order valence-corrected chi connectivity index (χ1v) is 4.45. The Hall–Kier alpha value is -1.76. The maximum Gasteiger partial charge on any atom is 0.160 e. The van der Waals surface area contributed by atoms with Crippen LogP contribution in [0.5, 0.6) is 0 Å². The molecule has 0 fully saturated rings. The van der Waals surface area contributed by atoms with E-state index in [1.54, 1.807) is 16.9 Å². The van der Waals surface area contributed by atoms with Crippen molar-refractivity contribution in [3.8, 4) is 6.07 Å². The van der Waals surface area contributed by atoms with Crippen LogP contribution in [0.15, 0.2) is 12.8 Å². The van der Waals surface area contributed by atoms with E-state index in [0.717, 1.165) is 0 Å². The van der Waals surface area contributed by atoms with Gasteiger partial charge in [0.05, 0.1) is 6.20 Å². The van der Waals surface area contributed by atoms with E-state index in [4.69, 9.17) is 5.26 Å². The third kappa shape index (κ3) is 1.62. The number of hydrogen-bond donors (Lipinski definition) is 0. The van der Waals surface area contributed by atoms with E-state index < -0.39 is 0 Å². The summed E-state index contributed by atoms with van der Waals surface area (Å²) in [5.74, 6) is 0.692. The van der Waals surface area contributed by atoms with Crippen molar-refractivity contribution in [2.75, 3.05) is 12.1 Å². The first-order valence-electron chi connectivity index (χ1n) is 4.45. The summed E-state index contributed by atoms with van der Waals surface area (Å²) in [6.07, 6.45) is 3.19. The van der Waals surface area contributed by atoms with Gasteiger partial charge in [0.15, 0.2) is 11.5 Å². The number of rotatable bonds is 3. The molecule has 1 aromatic heterocycles. The van der Waals surface area contributed by atoms with Gasteiger partial charge in [-0.15, -0.1) is 0 Å². The molecule has 1 rings (SSSR count). The molecule has 0 N–H and O–H groups in total. The van der Waals surface area contributed by atoms with E-state index in [-0.39, 0.29) is 0 Å². The molecule has 0 aromatic carbocycles. The number of imidazole rings is 1. The average Bonchev–Trinajstić information content (AvgIpc) is 2.58. The Morgan fingerprint density at radius 1 is 1.71 bits per heavy atom. The Morgan fingerprint density at radius 3 is 2.79 bits per heavy atom. The van der Waals surface area contributed by atoms with Crippen LogP contribution in [0.2, 0.25) is 0 Å². The molecule has 0 spiro atoms. The Kier molecular flexibility index (Phi) is 2.92. The maximum absolute atomic E-state index is 8.89. The molecule has 0 saturated carbocycles. The molecule has 4 nitrogen and oxygen atoms in total. The van der Waals surface area contributed by atoms with Gasteiger partial charge in [0.2, 0.25) is 0 Å². The fourth-order valence-corrected chi connectivity index (χ4v) is 1.14. The van der Waals surface area contributed by atoms with Crippen LogP contribution in [0.1, 0.15) is 25.4 Å². The molecular weight excluding hydrogens is 176 g/mol. The van der Waals surface area contributed by atoms with Gasteiger partial charge in [-0.1, -0.05) is 6.58 Å². The van der Waals surface area contributed by atoms with E-state index in [2.05, 4.69) is 17.6 Å². The summed E-state index contributed by atoms with van der Waals surface area (Å²) in [7, 11) is 1.92. The maximum atomic E-state index is 8.89. The van der Waals surface area contributed by atoms with Crippen LogP contribution >= 0.6 is 0 Å². The Morgan fingerprint density at radius 2 is 2.36 bits per heavy atom. The van der Waals surface area contributed by atoms with Gasteiger partial charge < -0.3 is 5.01 Å². The molecule has 0 aliphatic rings. The fraction of sp³-hybridized carbons (Fsp3) is 0.400. The third-order valence-corrected chi connectivity index (χ3v) is 2.12. The second-order valence-electron chi connectivity index (χ2n) is 3.30. The first kappa shape index (κ1) is 10.3. The minimum Gasteiger partial charge on any atom is -0.311 e. The Balaban J connectivity index is 3.22. The molecule has 4 heteroatoms. The van der Waals surface area contributed by atoms with E-state index in [1.165, 1.54) is 0 Å². The Labute approximate surface area is 84.1 Å². The summed E-state index contributed by atoms with van der Waals surface area (Å²) in [5.41, 5.74) is 0.524. The van der Waals surface area contributed by atoms with E-state index >= 15 is 0 Å². The predicted octanol–water partition coefficient (Wildman–Crippen LogP) is 1.37. The zero-order valence-corrected chi connectivity index (χ0v) is 8.73. The molecule has 1 aromatic rings. The second-order valence-corrected chi connectivity index (χ2v) is 3.30. The SMILES string of the molecule is C=Cc1ncc(C#N)n1N(C)C(C)C. The van der Waals surface area contributed by atoms with Crippen LogP contribution in [0.4, 0.5) is 0 Å². The third-order valence-electron chi connectivity index (χ3n) is 2.12. The quantitative estimate of drug-likeness (QED) is 0.723. The highest BCUT2D eigenvalue weighted by Crippen LogP contribution is 2.07. The van der Waals surface area contributed by atoms with Crippen molar-refractivity contribution in [2.24, 2.45) is 0 Å². The lowest BCUT2D eigenvalue weighted by Crippen LogP contribution is -2.38. The summed E-state index contributed by atoms with van der Waals surface area (Å²) < 4.78 is 1.76. The highest BCUT2D eigenvalue weighted by atomic mass is 15.6. The second kappa shape index (κ2) is 3.97. The molecule has 0 atom stereocenters. The number of aromatic nitrogens is 2. The minimum absolute atomic E-state index is 0.301. The number of hydrogen-bond acceptors (Lipinski definition) is 3. The van der Waals surface area contributed by atoms with Crippen LogP contribution in [0.25, 0.3) is 6.08 Å². The predicted molar refractivity (Wildman–Crippen MR) is 56.3 cm³/mol. The van der Waals surface area contributed by atoms with Crippen molar-refractivity contribution in [1.82, 2.24) is 9.66 Å². The zero-order valence-electron chi connectivity index (χ0n) is 8.73. The van der Waals surface area contributed by atoms with E-state index in [1.807, 2.05) is 25.9 Å². The monoisotopic (exact) mass is 190 g/mol. The fourth-order valence-electron chi connectivity index (χ4n) is 1.14. The van der Waals surface area contributed by atoms with Crippen molar-refractivity contribution < 1.29 is 0 Å². The summed E-state index contributed by atoms with van der Waals surface area (Å²) in [5, 5.41) is 10.8. The lowest BCUT2D eigenvalue weighted by molar-refractivity contribution is 0.563. The number of nitrogens with zero attached hydrogens (tertiary/aromatic N) is 4. The van der Waals surface area contributed by atoms with Crippen LogP contribution in [-0.4, -0.2) is 22.7 Å². The van der Waals surface area contributed by atoms with Gasteiger partial charge >= 0.3 is 0 Å². The van der Waals surface area contributed by atoms with Crippen molar-refractivity contribution in [2.45, 2.75) is 19.9 Å². The lowest BCUT2D eigenvalue weighted by Gasteiger charge is -2.26.